The maximum Gasteiger partial charge on any atom is 0.220 e. The van der Waals surface area contributed by atoms with Crippen molar-refractivity contribution in [2.75, 3.05) is 0 Å². The van der Waals surface area contributed by atoms with Gasteiger partial charge in [-0.1, -0.05) is 0 Å². The molecule has 0 unspecified atom stereocenters. The molecule has 18 nitrogen and oxygen atoms in total. The van der Waals surface area contributed by atoms with E-state index in [-0.39, 0.29) is 17.2 Å². The van der Waals surface area contributed by atoms with E-state index in [0.717, 1.165) is 60.7 Å². The first-order valence-corrected chi connectivity index (χ1v) is 15.2. The second kappa shape index (κ2) is 11.6. The van der Waals surface area contributed by atoms with Crippen LogP contribution in [0.3, 0.4) is 0 Å². The van der Waals surface area contributed by atoms with Gasteiger partial charge in [0, 0.05) is 60.7 Å². The minimum atomic E-state index is -0.776. The van der Waals surface area contributed by atoms with Gasteiger partial charge in [-0.2, -0.15) is 0 Å². The molecular weight excluding hydrogens is 720 g/mol. The molecule has 54 heavy (non-hydrogen) atoms. The quantitative estimate of drug-likeness (QED) is 0.0829. The molecule has 0 saturated carbocycles. The standard InChI is InChI=1S/C36H22O18/c37-11-1-12(38)3-14(2-11)50-32-23(47)10-24(48)33-36(32)54-31-22(46)9-17(41)27(35(31)53-33)26-16(40)8-21(45)30-34(26)52-29-20(44)6-15(7-25(29)51-30)49-28-18(42)4-13(39)5-19(28)43/h1-10,37-48H. The van der Waals surface area contributed by atoms with E-state index in [2.05, 4.69) is 0 Å². The largest absolute Gasteiger partial charge is 0.508 e. The van der Waals surface area contributed by atoms with E-state index in [1.54, 1.807) is 0 Å². The Labute approximate surface area is 299 Å². The summed E-state index contributed by atoms with van der Waals surface area (Å²) in [6.45, 7) is 0. The number of hydrogen-bond donors (Lipinski definition) is 12. The van der Waals surface area contributed by atoms with Crippen LogP contribution in [0.5, 0.6) is 138 Å². The number of fused-ring (bicyclic) bond motifs is 4. The number of phenolic OH excluding ortho intramolecular Hbond substituents is 12. The van der Waals surface area contributed by atoms with Crippen LogP contribution in [0.2, 0.25) is 0 Å². The zero-order valence-corrected chi connectivity index (χ0v) is 26.6. The number of hydrogen-bond acceptors (Lipinski definition) is 18. The number of rotatable bonds is 5. The molecular formula is C36H22O18. The summed E-state index contributed by atoms with van der Waals surface area (Å²) in [5.41, 5.74) is -0.933. The molecule has 2 heterocycles. The molecule has 0 aromatic heterocycles. The van der Waals surface area contributed by atoms with Gasteiger partial charge in [0.05, 0.1) is 11.1 Å². The molecule has 12 N–H and O–H groups in total. The van der Waals surface area contributed by atoms with E-state index in [4.69, 9.17) is 28.4 Å². The van der Waals surface area contributed by atoms with Crippen molar-refractivity contribution in [3.63, 3.8) is 0 Å². The van der Waals surface area contributed by atoms with E-state index < -0.39 is 132 Å². The van der Waals surface area contributed by atoms with Crippen molar-refractivity contribution >= 4 is 0 Å². The lowest BCUT2D eigenvalue weighted by molar-refractivity contribution is 0.299. The third kappa shape index (κ3) is 5.21. The lowest BCUT2D eigenvalue weighted by Gasteiger charge is -2.28. The van der Waals surface area contributed by atoms with Crippen LogP contribution in [0.1, 0.15) is 0 Å². The molecule has 6 aromatic rings. The highest BCUT2D eigenvalue weighted by Crippen LogP contribution is 2.66. The van der Waals surface area contributed by atoms with Crippen molar-refractivity contribution in [1.29, 1.82) is 0 Å². The third-order valence-corrected chi connectivity index (χ3v) is 7.98. The molecule has 18 heteroatoms. The fourth-order valence-electron chi connectivity index (χ4n) is 5.76. The van der Waals surface area contributed by atoms with Crippen molar-refractivity contribution in [2.24, 2.45) is 0 Å². The van der Waals surface area contributed by atoms with Crippen LogP contribution in [0.15, 0.2) is 60.7 Å². The van der Waals surface area contributed by atoms with Crippen LogP contribution in [0.4, 0.5) is 0 Å². The highest BCUT2D eigenvalue weighted by Gasteiger charge is 2.39. The summed E-state index contributed by atoms with van der Waals surface area (Å²) >= 11 is 0. The SMILES string of the molecule is Oc1cc(O)cc(Oc2c(O)cc(O)c3c2Oc2c(O)cc(O)c(-c4c(O)cc(O)c5c4Oc4c(O)cc(Oc6c(O)cc(O)cc6O)cc4O5)c2O3)c1. The van der Waals surface area contributed by atoms with Gasteiger partial charge in [0.2, 0.25) is 40.2 Å². The van der Waals surface area contributed by atoms with Gasteiger partial charge in [0.15, 0.2) is 57.5 Å². The van der Waals surface area contributed by atoms with Gasteiger partial charge in [-0.25, -0.2) is 0 Å². The zero-order valence-electron chi connectivity index (χ0n) is 26.6. The van der Waals surface area contributed by atoms with Gasteiger partial charge < -0.3 is 89.7 Å². The first-order valence-electron chi connectivity index (χ1n) is 15.2. The molecule has 0 spiro atoms. The van der Waals surface area contributed by atoms with Crippen LogP contribution >= 0.6 is 0 Å². The minimum Gasteiger partial charge on any atom is -0.508 e. The van der Waals surface area contributed by atoms with Crippen molar-refractivity contribution in [2.45, 2.75) is 0 Å². The summed E-state index contributed by atoms with van der Waals surface area (Å²) in [6, 6.07) is 9.47. The van der Waals surface area contributed by atoms with Crippen molar-refractivity contribution in [3.8, 4) is 149 Å². The topological polar surface area (TPSA) is 298 Å². The number of phenols is 12. The zero-order chi connectivity index (χ0) is 38.3. The van der Waals surface area contributed by atoms with E-state index in [1.807, 2.05) is 0 Å². The molecule has 8 rings (SSSR count). The average molecular weight is 743 g/mol. The predicted molar refractivity (Wildman–Crippen MR) is 178 cm³/mol. The van der Waals surface area contributed by atoms with Gasteiger partial charge in [-0.3, -0.25) is 0 Å². The lowest BCUT2D eigenvalue weighted by atomic mass is 9.98. The van der Waals surface area contributed by atoms with E-state index in [1.165, 1.54) is 0 Å². The summed E-state index contributed by atoms with van der Waals surface area (Å²) in [5.74, 6) is -13.0. The summed E-state index contributed by atoms with van der Waals surface area (Å²) in [6.07, 6.45) is 0. The summed E-state index contributed by atoms with van der Waals surface area (Å²) in [7, 11) is 0. The Morgan fingerprint density at radius 1 is 0.296 bits per heavy atom. The second-order valence-corrected chi connectivity index (χ2v) is 11.7. The molecule has 2 aliphatic heterocycles. The first-order chi connectivity index (χ1) is 25.7. The average Bonchev–Trinajstić information content (AvgIpc) is 3.08. The molecule has 0 aliphatic carbocycles. The van der Waals surface area contributed by atoms with Gasteiger partial charge in [-0.05, 0) is 0 Å². The molecule has 274 valence electrons. The monoisotopic (exact) mass is 742 g/mol. The van der Waals surface area contributed by atoms with Gasteiger partial charge in [-0.15, -0.1) is 0 Å². The Hall–Kier alpha value is -8.28. The first kappa shape index (κ1) is 32.9. The number of aromatic hydroxyl groups is 12. The molecule has 0 saturated heterocycles. The summed E-state index contributed by atoms with van der Waals surface area (Å²) < 4.78 is 34.7. The van der Waals surface area contributed by atoms with E-state index in [0.29, 0.717) is 0 Å². The van der Waals surface area contributed by atoms with E-state index >= 15 is 0 Å². The van der Waals surface area contributed by atoms with Gasteiger partial charge >= 0.3 is 0 Å². The normalized spacial score (nSPS) is 12.1. The second-order valence-electron chi connectivity index (χ2n) is 11.7. The minimum absolute atomic E-state index is 0.197. The highest BCUT2D eigenvalue weighted by molar-refractivity contribution is 5.93. The van der Waals surface area contributed by atoms with Crippen LogP contribution in [-0.2, 0) is 0 Å². The molecule has 0 bridgehead atoms. The summed E-state index contributed by atoms with van der Waals surface area (Å²) in [5, 5.41) is 126. The lowest BCUT2D eigenvalue weighted by Crippen LogP contribution is -2.05. The van der Waals surface area contributed by atoms with Crippen molar-refractivity contribution < 1.29 is 89.7 Å². The third-order valence-electron chi connectivity index (χ3n) is 7.98. The van der Waals surface area contributed by atoms with Crippen LogP contribution in [0.25, 0.3) is 11.1 Å². The maximum absolute atomic E-state index is 11.2. The highest BCUT2D eigenvalue weighted by atomic mass is 16.6. The van der Waals surface area contributed by atoms with Crippen LogP contribution in [-0.4, -0.2) is 61.3 Å². The molecule has 0 amide bonds. The molecule has 2 aliphatic rings. The summed E-state index contributed by atoms with van der Waals surface area (Å²) in [4.78, 5) is 0. The predicted octanol–water partition coefficient (Wildman–Crippen LogP) is 7.20. The van der Waals surface area contributed by atoms with Crippen molar-refractivity contribution in [3.05, 3.63) is 60.7 Å². The van der Waals surface area contributed by atoms with Gasteiger partial charge in [0.1, 0.15) is 40.2 Å². The smallest absolute Gasteiger partial charge is 0.220 e. The Bertz CT molecular complexity index is 2560. The fourth-order valence-corrected chi connectivity index (χ4v) is 5.76. The Morgan fingerprint density at radius 3 is 1.30 bits per heavy atom. The molecule has 0 fully saturated rings. The van der Waals surface area contributed by atoms with E-state index in [9.17, 15) is 61.3 Å². The van der Waals surface area contributed by atoms with Crippen molar-refractivity contribution in [1.82, 2.24) is 0 Å². The molecule has 6 aromatic carbocycles. The maximum atomic E-state index is 11.2. The fraction of sp³-hybridized carbons (Fsp3) is 0. The molecule has 0 radical (unpaired) electrons. The number of benzene rings is 6. The number of ether oxygens (including phenoxy) is 6. The Balaban J connectivity index is 1.22. The van der Waals surface area contributed by atoms with Crippen LogP contribution < -0.4 is 28.4 Å². The van der Waals surface area contributed by atoms with Crippen LogP contribution in [0, 0.1) is 0 Å². The Morgan fingerprint density at radius 2 is 0.704 bits per heavy atom. The van der Waals surface area contributed by atoms with Gasteiger partial charge in [0.25, 0.3) is 0 Å². The molecule has 0 atom stereocenters. The Kier molecular flexibility index (Phi) is 7.09.